The number of hydrogen-bond donors (Lipinski definition) is 1. The van der Waals surface area contributed by atoms with E-state index in [1.54, 1.807) is 6.07 Å². The topological polar surface area (TPSA) is 56.0 Å². The van der Waals surface area contributed by atoms with E-state index in [0.29, 0.717) is 5.69 Å². The molecule has 2 rings (SSSR count). The lowest BCUT2D eigenvalue weighted by Crippen LogP contribution is -2.12. The van der Waals surface area contributed by atoms with Crippen LogP contribution in [0.1, 0.15) is 16.1 Å². The lowest BCUT2D eigenvalue weighted by molar-refractivity contribution is 0.0996. The fourth-order valence-corrected chi connectivity index (χ4v) is 1.36. The van der Waals surface area contributed by atoms with E-state index in [-0.39, 0.29) is 0 Å². The summed E-state index contributed by atoms with van der Waals surface area (Å²) in [5, 5.41) is 1.01. The van der Waals surface area contributed by atoms with Gasteiger partial charge >= 0.3 is 0 Å². The van der Waals surface area contributed by atoms with Crippen molar-refractivity contribution in [3.8, 4) is 0 Å². The monoisotopic (exact) mass is 186 g/mol. The summed E-state index contributed by atoms with van der Waals surface area (Å²) in [6, 6.07) is 9.40. The Balaban J connectivity index is 2.69. The molecule has 3 heteroatoms. The molecule has 1 aromatic heterocycles. The third-order valence-corrected chi connectivity index (χ3v) is 2.10. The summed E-state index contributed by atoms with van der Waals surface area (Å²) in [6.45, 7) is 1.98. The number of hydrogen-bond acceptors (Lipinski definition) is 2. The highest BCUT2D eigenvalue weighted by Gasteiger charge is 2.02. The SMILES string of the molecule is Cc1ccc2ccc(C(N)=O)nc2c1. The fraction of sp³-hybridized carbons (Fsp3) is 0.0909. The number of rotatable bonds is 1. The zero-order chi connectivity index (χ0) is 10.1. The van der Waals surface area contributed by atoms with Crippen molar-refractivity contribution in [3.05, 3.63) is 41.6 Å². The van der Waals surface area contributed by atoms with Gasteiger partial charge in [0.2, 0.25) is 0 Å². The number of pyridine rings is 1. The molecule has 14 heavy (non-hydrogen) atoms. The van der Waals surface area contributed by atoms with Gasteiger partial charge in [0.15, 0.2) is 0 Å². The van der Waals surface area contributed by atoms with E-state index in [0.717, 1.165) is 16.5 Å². The quantitative estimate of drug-likeness (QED) is 0.736. The number of primary amides is 1. The number of aryl methyl sites for hydroxylation is 1. The van der Waals surface area contributed by atoms with Crippen molar-refractivity contribution in [1.29, 1.82) is 0 Å². The largest absolute Gasteiger partial charge is 0.364 e. The van der Waals surface area contributed by atoms with Gasteiger partial charge < -0.3 is 5.73 Å². The number of nitrogens with two attached hydrogens (primary N) is 1. The van der Waals surface area contributed by atoms with Crippen molar-refractivity contribution in [2.45, 2.75) is 6.92 Å². The van der Waals surface area contributed by atoms with Gasteiger partial charge in [0.25, 0.3) is 5.91 Å². The molecule has 70 valence electrons. The van der Waals surface area contributed by atoms with Crippen LogP contribution in [0.5, 0.6) is 0 Å². The first-order valence-corrected chi connectivity index (χ1v) is 4.34. The standard InChI is InChI=1S/C11H10N2O/c1-7-2-3-8-4-5-9(11(12)14)13-10(8)6-7/h2-6H,1H3,(H2,12,14). The predicted molar refractivity (Wildman–Crippen MR) is 55.0 cm³/mol. The van der Waals surface area contributed by atoms with Crippen LogP contribution < -0.4 is 5.73 Å². The molecule has 0 aliphatic heterocycles. The van der Waals surface area contributed by atoms with Crippen LogP contribution in [0.2, 0.25) is 0 Å². The minimum Gasteiger partial charge on any atom is -0.364 e. The van der Waals surface area contributed by atoms with Gasteiger partial charge in [-0.15, -0.1) is 0 Å². The van der Waals surface area contributed by atoms with Gasteiger partial charge in [0, 0.05) is 5.39 Å². The Labute approximate surface area is 81.6 Å². The van der Waals surface area contributed by atoms with E-state index in [1.807, 2.05) is 31.2 Å². The molecular weight excluding hydrogens is 176 g/mol. The molecule has 0 aliphatic rings. The Morgan fingerprint density at radius 3 is 2.71 bits per heavy atom. The fourth-order valence-electron chi connectivity index (χ4n) is 1.36. The Morgan fingerprint density at radius 1 is 1.29 bits per heavy atom. The number of benzene rings is 1. The molecule has 3 nitrogen and oxygen atoms in total. The molecule has 0 spiro atoms. The van der Waals surface area contributed by atoms with Crippen molar-refractivity contribution < 1.29 is 4.79 Å². The molecule has 0 unspecified atom stereocenters. The van der Waals surface area contributed by atoms with Crippen LogP contribution in [-0.4, -0.2) is 10.9 Å². The highest BCUT2D eigenvalue weighted by Crippen LogP contribution is 2.13. The van der Waals surface area contributed by atoms with Gasteiger partial charge in [-0.3, -0.25) is 4.79 Å². The Hall–Kier alpha value is -1.90. The van der Waals surface area contributed by atoms with Crippen molar-refractivity contribution in [3.63, 3.8) is 0 Å². The molecule has 0 atom stereocenters. The number of carbonyl (C=O) groups excluding carboxylic acids is 1. The number of fused-ring (bicyclic) bond motifs is 1. The molecule has 0 aliphatic carbocycles. The number of amides is 1. The number of nitrogens with zero attached hydrogens (tertiary/aromatic N) is 1. The summed E-state index contributed by atoms with van der Waals surface area (Å²) in [7, 11) is 0. The van der Waals surface area contributed by atoms with Crippen molar-refractivity contribution >= 4 is 16.8 Å². The van der Waals surface area contributed by atoms with Gasteiger partial charge in [-0.05, 0) is 24.6 Å². The average Bonchev–Trinajstić information content (AvgIpc) is 2.16. The lowest BCUT2D eigenvalue weighted by atomic mass is 10.1. The van der Waals surface area contributed by atoms with Crippen molar-refractivity contribution in [1.82, 2.24) is 4.98 Å². The van der Waals surface area contributed by atoms with Gasteiger partial charge in [-0.1, -0.05) is 18.2 Å². The minimum absolute atomic E-state index is 0.308. The van der Waals surface area contributed by atoms with E-state index in [9.17, 15) is 4.79 Å². The number of aromatic nitrogens is 1. The second kappa shape index (κ2) is 3.10. The Morgan fingerprint density at radius 2 is 2.00 bits per heavy atom. The second-order valence-electron chi connectivity index (χ2n) is 3.26. The molecule has 0 fully saturated rings. The smallest absolute Gasteiger partial charge is 0.267 e. The molecular formula is C11H10N2O. The molecule has 0 saturated carbocycles. The van der Waals surface area contributed by atoms with E-state index in [1.165, 1.54) is 0 Å². The molecule has 1 amide bonds. The first-order valence-electron chi connectivity index (χ1n) is 4.34. The summed E-state index contributed by atoms with van der Waals surface area (Å²) in [6.07, 6.45) is 0. The molecule has 0 saturated heterocycles. The molecule has 0 bridgehead atoms. The van der Waals surface area contributed by atoms with Crippen LogP contribution in [0.25, 0.3) is 10.9 Å². The van der Waals surface area contributed by atoms with E-state index in [4.69, 9.17) is 5.73 Å². The highest BCUT2D eigenvalue weighted by molar-refractivity contribution is 5.93. The van der Waals surface area contributed by atoms with Crippen LogP contribution >= 0.6 is 0 Å². The Bertz CT molecular complexity index is 506. The third-order valence-electron chi connectivity index (χ3n) is 2.10. The van der Waals surface area contributed by atoms with E-state index in [2.05, 4.69) is 4.98 Å². The minimum atomic E-state index is -0.492. The van der Waals surface area contributed by atoms with E-state index < -0.39 is 5.91 Å². The van der Waals surface area contributed by atoms with Crippen molar-refractivity contribution in [2.75, 3.05) is 0 Å². The van der Waals surface area contributed by atoms with Gasteiger partial charge in [0.05, 0.1) is 5.52 Å². The zero-order valence-corrected chi connectivity index (χ0v) is 7.82. The van der Waals surface area contributed by atoms with Crippen LogP contribution in [0, 0.1) is 6.92 Å². The highest BCUT2D eigenvalue weighted by atomic mass is 16.1. The van der Waals surface area contributed by atoms with Gasteiger partial charge in [-0.2, -0.15) is 0 Å². The first-order chi connectivity index (χ1) is 6.66. The first kappa shape index (κ1) is 8.69. The normalized spacial score (nSPS) is 10.4. The molecule has 2 aromatic rings. The van der Waals surface area contributed by atoms with Gasteiger partial charge in [-0.25, -0.2) is 4.98 Å². The molecule has 2 N–H and O–H groups in total. The maximum Gasteiger partial charge on any atom is 0.267 e. The van der Waals surface area contributed by atoms with Crippen molar-refractivity contribution in [2.24, 2.45) is 5.73 Å². The van der Waals surface area contributed by atoms with Crippen LogP contribution in [0.15, 0.2) is 30.3 Å². The lowest BCUT2D eigenvalue weighted by Gasteiger charge is -2.00. The van der Waals surface area contributed by atoms with Gasteiger partial charge in [0.1, 0.15) is 5.69 Å². The predicted octanol–water partition coefficient (Wildman–Crippen LogP) is 1.64. The van der Waals surface area contributed by atoms with Crippen LogP contribution in [0.4, 0.5) is 0 Å². The summed E-state index contributed by atoms with van der Waals surface area (Å²) >= 11 is 0. The summed E-state index contributed by atoms with van der Waals surface area (Å²) in [5.74, 6) is -0.492. The summed E-state index contributed by atoms with van der Waals surface area (Å²) < 4.78 is 0. The molecule has 1 heterocycles. The molecule has 1 aromatic carbocycles. The van der Waals surface area contributed by atoms with Crippen LogP contribution in [-0.2, 0) is 0 Å². The zero-order valence-electron chi connectivity index (χ0n) is 7.82. The third kappa shape index (κ3) is 1.44. The maximum absolute atomic E-state index is 10.9. The summed E-state index contributed by atoms with van der Waals surface area (Å²) in [5.41, 5.74) is 7.37. The average molecular weight is 186 g/mol. The van der Waals surface area contributed by atoms with Crippen LogP contribution in [0.3, 0.4) is 0 Å². The molecule has 0 radical (unpaired) electrons. The second-order valence-corrected chi connectivity index (χ2v) is 3.26. The maximum atomic E-state index is 10.9. The Kier molecular flexibility index (Phi) is 1.93. The summed E-state index contributed by atoms with van der Waals surface area (Å²) in [4.78, 5) is 15.1. The van der Waals surface area contributed by atoms with E-state index >= 15 is 0 Å². The number of carbonyl (C=O) groups is 1.